The number of hydrogen-bond acceptors (Lipinski definition) is 7. The van der Waals surface area contributed by atoms with Crippen LogP contribution in [0.5, 0.6) is 0 Å². The molecule has 2 aliphatic heterocycles. The molecular weight excluding hydrogens is 519 g/mol. The molecule has 0 spiro atoms. The summed E-state index contributed by atoms with van der Waals surface area (Å²) in [4.78, 5) is 8.37. The molecule has 3 aromatic rings. The van der Waals surface area contributed by atoms with Crippen molar-refractivity contribution in [1.82, 2.24) is 15.2 Å². The lowest BCUT2D eigenvalue weighted by Crippen LogP contribution is -2.47. The summed E-state index contributed by atoms with van der Waals surface area (Å²) in [6.45, 7) is 12.6. The van der Waals surface area contributed by atoms with Crippen LogP contribution < -0.4 is 9.80 Å². The number of ether oxygens (including phenoxy) is 2. The predicted molar refractivity (Wildman–Crippen MR) is 148 cm³/mol. The van der Waals surface area contributed by atoms with Crippen molar-refractivity contribution in [2.24, 2.45) is 0 Å². The van der Waals surface area contributed by atoms with Gasteiger partial charge in [0.1, 0.15) is 5.82 Å². The number of alkyl halides is 3. The van der Waals surface area contributed by atoms with E-state index in [1.54, 1.807) is 0 Å². The summed E-state index contributed by atoms with van der Waals surface area (Å²) in [5.41, 5.74) is 4.43. The Kier molecular flexibility index (Phi) is 8.01. The lowest BCUT2D eigenvalue weighted by atomic mass is 9.98. The Bertz CT molecular complexity index is 1330. The fourth-order valence-corrected chi connectivity index (χ4v) is 5.21. The van der Waals surface area contributed by atoms with Crippen molar-refractivity contribution in [3.8, 4) is 11.3 Å². The van der Waals surface area contributed by atoms with E-state index in [4.69, 9.17) is 9.47 Å². The zero-order chi connectivity index (χ0) is 28.6. The maximum atomic E-state index is 14.0. The zero-order valence-electron chi connectivity index (χ0n) is 23.6. The summed E-state index contributed by atoms with van der Waals surface area (Å²) in [5.74, 6) is 1.56. The molecule has 0 unspecified atom stereocenters. The quantitative estimate of drug-likeness (QED) is 0.318. The monoisotopic (exact) mass is 555 g/mol. The van der Waals surface area contributed by atoms with Gasteiger partial charge in [-0.15, -0.1) is 10.2 Å². The van der Waals surface area contributed by atoms with Gasteiger partial charge in [-0.2, -0.15) is 13.2 Å². The van der Waals surface area contributed by atoms with Gasteiger partial charge in [-0.25, -0.2) is 4.98 Å². The number of piperazine rings is 1. The number of aromatic nitrogens is 3. The van der Waals surface area contributed by atoms with Crippen LogP contribution in [0.25, 0.3) is 11.3 Å². The minimum Gasteiger partial charge on any atom is -0.353 e. The van der Waals surface area contributed by atoms with Crippen LogP contribution in [0.2, 0.25) is 0 Å². The molecule has 2 aliphatic rings. The standard InChI is InChI=1S/C30H36F3N5O2/c1-6-7-26-39-29(40-26)23-17-34-25(16-24(23)30(31,32)33)37-12-14-38(15-13-37)28-20(5)19(4)27(35-36-28)22-10-8-21(9-11-22)18(2)3/h8-11,16-18,26,29H,6-7,12-15H2,1-5H3. The maximum absolute atomic E-state index is 14.0. The number of benzene rings is 1. The van der Waals surface area contributed by atoms with Gasteiger partial charge in [0.2, 0.25) is 0 Å². The Morgan fingerprint density at radius 3 is 2.20 bits per heavy atom. The van der Waals surface area contributed by atoms with E-state index in [1.165, 1.54) is 11.8 Å². The Labute approximate surface area is 233 Å². The van der Waals surface area contributed by atoms with Crippen LogP contribution in [-0.4, -0.2) is 47.7 Å². The number of pyridine rings is 1. The first kappa shape index (κ1) is 28.3. The molecule has 5 rings (SSSR count). The summed E-state index contributed by atoms with van der Waals surface area (Å²) < 4.78 is 52.9. The first-order valence-corrected chi connectivity index (χ1v) is 13.9. The van der Waals surface area contributed by atoms with E-state index in [2.05, 4.69) is 65.1 Å². The van der Waals surface area contributed by atoms with Gasteiger partial charge in [0.25, 0.3) is 0 Å². The highest BCUT2D eigenvalue weighted by atomic mass is 19.4. The van der Waals surface area contributed by atoms with Crippen molar-refractivity contribution in [3.63, 3.8) is 0 Å². The van der Waals surface area contributed by atoms with E-state index in [0.717, 1.165) is 40.7 Å². The van der Waals surface area contributed by atoms with Gasteiger partial charge < -0.3 is 19.3 Å². The molecule has 0 radical (unpaired) electrons. The molecule has 7 nitrogen and oxygen atoms in total. The topological polar surface area (TPSA) is 63.6 Å². The Balaban J connectivity index is 1.29. The van der Waals surface area contributed by atoms with Crippen molar-refractivity contribution in [2.45, 2.75) is 72.1 Å². The average molecular weight is 556 g/mol. The van der Waals surface area contributed by atoms with E-state index in [9.17, 15) is 13.2 Å². The molecule has 0 amide bonds. The van der Waals surface area contributed by atoms with E-state index < -0.39 is 24.3 Å². The predicted octanol–water partition coefficient (Wildman–Crippen LogP) is 6.80. The second kappa shape index (κ2) is 11.3. The molecule has 40 heavy (non-hydrogen) atoms. The lowest BCUT2D eigenvalue weighted by Gasteiger charge is -2.38. The Hall–Kier alpha value is -3.24. The minimum absolute atomic E-state index is 0.0810. The van der Waals surface area contributed by atoms with Gasteiger partial charge in [0.05, 0.1) is 11.3 Å². The average Bonchev–Trinajstić information content (AvgIpc) is 2.91. The van der Waals surface area contributed by atoms with Crippen LogP contribution >= 0.6 is 0 Å². The molecule has 0 bridgehead atoms. The number of hydrogen-bond donors (Lipinski definition) is 0. The van der Waals surface area contributed by atoms with Gasteiger partial charge in [-0.3, -0.25) is 0 Å². The summed E-state index contributed by atoms with van der Waals surface area (Å²) in [7, 11) is 0. The molecule has 0 aliphatic carbocycles. The first-order chi connectivity index (χ1) is 19.1. The zero-order valence-corrected chi connectivity index (χ0v) is 23.6. The van der Waals surface area contributed by atoms with Crippen molar-refractivity contribution in [3.05, 3.63) is 64.3 Å². The van der Waals surface area contributed by atoms with Crippen molar-refractivity contribution < 1.29 is 22.6 Å². The van der Waals surface area contributed by atoms with E-state index in [-0.39, 0.29) is 5.56 Å². The molecule has 4 heterocycles. The van der Waals surface area contributed by atoms with Crippen molar-refractivity contribution in [1.29, 1.82) is 0 Å². The normalized spacial score (nSPS) is 19.7. The number of halogens is 3. The van der Waals surface area contributed by atoms with E-state index in [0.29, 0.717) is 44.3 Å². The second-order valence-electron chi connectivity index (χ2n) is 10.8. The molecule has 1 aromatic carbocycles. The van der Waals surface area contributed by atoms with Crippen LogP contribution in [0.15, 0.2) is 36.5 Å². The lowest BCUT2D eigenvalue weighted by molar-refractivity contribution is -0.392. The molecule has 0 atom stereocenters. The molecule has 2 fully saturated rings. The third-order valence-electron chi connectivity index (χ3n) is 7.81. The van der Waals surface area contributed by atoms with Crippen LogP contribution in [0.4, 0.5) is 24.8 Å². The molecule has 10 heteroatoms. The molecule has 2 aromatic heterocycles. The molecule has 2 saturated heterocycles. The summed E-state index contributed by atoms with van der Waals surface area (Å²) in [5, 5.41) is 9.14. The fraction of sp³-hybridized carbons (Fsp3) is 0.500. The van der Waals surface area contributed by atoms with Crippen LogP contribution in [0.1, 0.15) is 73.6 Å². The highest BCUT2D eigenvalue weighted by Crippen LogP contribution is 2.42. The maximum Gasteiger partial charge on any atom is 0.417 e. The first-order valence-electron chi connectivity index (χ1n) is 13.9. The van der Waals surface area contributed by atoms with Gasteiger partial charge in [0, 0.05) is 43.5 Å². The highest BCUT2D eigenvalue weighted by molar-refractivity contribution is 5.67. The SMILES string of the molecule is CCCC1OC(c2cnc(N3CCN(c4nnc(-c5ccc(C(C)C)cc5)c(C)c4C)CC3)cc2C(F)(F)F)O1. The van der Waals surface area contributed by atoms with E-state index in [1.807, 2.05) is 18.7 Å². The van der Waals surface area contributed by atoms with Gasteiger partial charge in [-0.05, 0) is 48.9 Å². The molecule has 214 valence electrons. The van der Waals surface area contributed by atoms with Crippen molar-refractivity contribution >= 4 is 11.6 Å². The number of anilines is 2. The van der Waals surface area contributed by atoms with Gasteiger partial charge in [-0.1, -0.05) is 51.5 Å². The van der Waals surface area contributed by atoms with Crippen LogP contribution in [0.3, 0.4) is 0 Å². The number of rotatable bonds is 7. The Morgan fingerprint density at radius 1 is 0.950 bits per heavy atom. The second-order valence-corrected chi connectivity index (χ2v) is 10.8. The largest absolute Gasteiger partial charge is 0.417 e. The molecule has 0 saturated carbocycles. The third kappa shape index (κ3) is 5.65. The molecular formula is C30H36F3N5O2. The van der Waals surface area contributed by atoms with Crippen LogP contribution in [0, 0.1) is 13.8 Å². The van der Waals surface area contributed by atoms with Crippen LogP contribution in [-0.2, 0) is 15.7 Å². The van der Waals surface area contributed by atoms with Crippen molar-refractivity contribution in [2.75, 3.05) is 36.0 Å². The third-order valence-corrected chi connectivity index (χ3v) is 7.81. The van der Waals surface area contributed by atoms with E-state index >= 15 is 0 Å². The summed E-state index contributed by atoms with van der Waals surface area (Å²) in [6, 6.07) is 9.54. The highest BCUT2D eigenvalue weighted by Gasteiger charge is 2.41. The summed E-state index contributed by atoms with van der Waals surface area (Å²) in [6.07, 6.45) is -3.33. The van der Waals surface area contributed by atoms with Gasteiger partial charge >= 0.3 is 6.18 Å². The molecule has 0 N–H and O–H groups in total. The fourth-order valence-electron chi connectivity index (χ4n) is 5.21. The van der Waals surface area contributed by atoms with Gasteiger partial charge in [0.15, 0.2) is 18.4 Å². The number of nitrogens with zero attached hydrogens (tertiary/aromatic N) is 5. The minimum atomic E-state index is -4.54. The Morgan fingerprint density at radius 2 is 1.60 bits per heavy atom. The smallest absolute Gasteiger partial charge is 0.353 e. The summed E-state index contributed by atoms with van der Waals surface area (Å²) >= 11 is 0.